The molecule has 1 aliphatic heterocycles. The van der Waals surface area contributed by atoms with Crippen molar-refractivity contribution in [2.24, 2.45) is 0 Å². The Balaban J connectivity index is 2.04. The monoisotopic (exact) mass is 213 g/mol. The van der Waals surface area contributed by atoms with E-state index >= 15 is 0 Å². The molecule has 3 heteroatoms. The maximum atomic E-state index is 9.38. The van der Waals surface area contributed by atoms with Gasteiger partial charge in [-0.2, -0.15) is 0 Å². The van der Waals surface area contributed by atoms with Crippen LogP contribution in [0.25, 0.3) is 0 Å². The van der Waals surface area contributed by atoms with Crippen LogP contribution in [0.1, 0.15) is 0 Å². The van der Waals surface area contributed by atoms with Crippen molar-refractivity contribution < 1.29 is 9.84 Å². The predicted molar refractivity (Wildman–Crippen MR) is 62.5 cm³/mol. The zero-order chi connectivity index (χ0) is 11.1. The highest BCUT2D eigenvalue weighted by atomic mass is 16.5. The average molecular weight is 213 g/mol. The zero-order valence-electron chi connectivity index (χ0n) is 8.60. The van der Waals surface area contributed by atoms with Crippen molar-refractivity contribution in [3.8, 4) is 11.5 Å². The van der Waals surface area contributed by atoms with E-state index in [0.717, 1.165) is 17.0 Å². The van der Waals surface area contributed by atoms with Crippen molar-refractivity contribution >= 4 is 5.69 Å². The first-order valence-electron chi connectivity index (χ1n) is 5.08. The summed E-state index contributed by atoms with van der Waals surface area (Å²) in [6.07, 6.45) is 5.86. The van der Waals surface area contributed by atoms with Crippen LogP contribution >= 0.6 is 0 Å². The molecule has 1 aliphatic carbocycles. The molecule has 2 aliphatic rings. The van der Waals surface area contributed by atoms with Gasteiger partial charge in [0, 0.05) is 6.07 Å². The predicted octanol–water partition coefficient (Wildman–Crippen LogP) is 2.58. The highest BCUT2D eigenvalue weighted by molar-refractivity contribution is 5.64. The molecule has 0 aromatic heterocycles. The van der Waals surface area contributed by atoms with Crippen LogP contribution in [0.2, 0.25) is 0 Å². The molecule has 0 fully saturated rings. The Kier molecular flexibility index (Phi) is 1.80. The van der Waals surface area contributed by atoms with Crippen LogP contribution in [-0.4, -0.2) is 11.1 Å². The summed E-state index contributed by atoms with van der Waals surface area (Å²) in [5.41, 5.74) is 1.80. The standard InChI is InChI=1S/C13H11NO2/c1-8-2-4-10-12(6-8)16-13-7-9(15)3-5-11(13)14-10/h2-7,10,14-15H,1H2. The van der Waals surface area contributed by atoms with Gasteiger partial charge in [0.2, 0.25) is 0 Å². The Hall–Kier alpha value is -2.16. The van der Waals surface area contributed by atoms with Gasteiger partial charge in [0.25, 0.3) is 0 Å². The van der Waals surface area contributed by atoms with E-state index in [9.17, 15) is 5.11 Å². The first-order valence-corrected chi connectivity index (χ1v) is 5.08. The number of allylic oxidation sites excluding steroid dienone is 3. The lowest BCUT2D eigenvalue weighted by molar-refractivity contribution is 0.387. The van der Waals surface area contributed by atoms with Gasteiger partial charge < -0.3 is 15.2 Å². The molecule has 0 amide bonds. The highest BCUT2D eigenvalue weighted by Crippen LogP contribution is 2.37. The van der Waals surface area contributed by atoms with Crippen molar-refractivity contribution in [3.05, 3.63) is 54.3 Å². The number of hydrogen-bond acceptors (Lipinski definition) is 3. The Morgan fingerprint density at radius 3 is 3.12 bits per heavy atom. The van der Waals surface area contributed by atoms with Crippen LogP contribution in [0.3, 0.4) is 0 Å². The van der Waals surface area contributed by atoms with Crippen LogP contribution in [-0.2, 0) is 0 Å². The quantitative estimate of drug-likeness (QED) is 0.651. The average Bonchev–Trinajstić information content (AvgIpc) is 2.26. The Labute approximate surface area is 93.4 Å². The van der Waals surface area contributed by atoms with Crippen LogP contribution in [0.15, 0.2) is 54.3 Å². The van der Waals surface area contributed by atoms with E-state index in [2.05, 4.69) is 11.9 Å². The molecule has 2 N–H and O–H groups in total. The molecule has 1 atom stereocenters. The summed E-state index contributed by atoms with van der Waals surface area (Å²) in [7, 11) is 0. The minimum Gasteiger partial charge on any atom is -0.508 e. The van der Waals surface area contributed by atoms with Crippen molar-refractivity contribution in [2.75, 3.05) is 5.32 Å². The van der Waals surface area contributed by atoms with Crippen LogP contribution in [0.5, 0.6) is 11.5 Å². The van der Waals surface area contributed by atoms with Gasteiger partial charge in [-0.25, -0.2) is 0 Å². The van der Waals surface area contributed by atoms with E-state index in [1.54, 1.807) is 18.2 Å². The lowest BCUT2D eigenvalue weighted by atomic mass is 10.0. The zero-order valence-corrected chi connectivity index (χ0v) is 8.60. The molecule has 3 nitrogen and oxygen atoms in total. The second-order valence-corrected chi connectivity index (χ2v) is 3.89. The fourth-order valence-corrected chi connectivity index (χ4v) is 1.86. The molecule has 3 rings (SSSR count). The molecular formula is C13H11NO2. The lowest BCUT2D eigenvalue weighted by Crippen LogP contribution is -2.28. The minimum atomic E-state index is 0.0579. The first kappa shape index (κ1) is 9.09. The summed E-state index contributed by atoms with van der Waals surface area (Å²) in [5, 5.41) is 12.7. The molecule has 1 unspecified atom stereocenters. The number of aromatic hydroxyl groups is 1. The smallest absolute Gasteiger partial charge is 0.153 e. The van der Waals surface area contributed by atoms with Gasteiger partial charge >= 0.3 is 0 Å². The topological polar surface area (TPSA) is 41.5 Å². The Morgan fingerprint density at radius 1 is 1.38 bits per heavy atom. The van der Waals surface area contributed by atoms with Crippen LogP contribution < -0.4 is 10.1 Å². The normalized spacial score (nSPS) is 21.4. The summed E-state index contributed by atoms with van der Waals surface area (Å²) < 4.78 is 5.71. The fraction of sp³-hybridized carbons (Fsp3) is 0.0769. The summed E-state index contributed by atoms with van der Waals surface area (Å²) in [4.78, 5) is 0. The molecule has 0 saturated carbocycles. The second kappa shape index (κ2) is 3.17. The summed E-state index contributed by atoms with van der Waals surface area (Å²) >= 11 is 0. The molecule has 0 bridgehead atoms. The van der Waals surface area contributed by atoms with E-state index < -0.39 is 0 Å². The number of rotatable bonds is 0. The third kappa shape index (κ3) is 1.37. The first-order chi connectivity index (χ1) is 7.72. The number of benzene rings is 1. The van der Waals surface area contributed by atoms with Gasteiger partial charge in [0.1, 0.15) is 17.6 Å². The van der Waals surface area contributed by atoms with E-state index in [-0.39, 0.29) is 11.8 Å². The van der Waals surface area contributed by atoms with Crippen molar-refractivity contribution in [1.82, 2.24) is 0 Å². The van der Waals surface area contributed by atoms with E-state index in [1.165, 1.54) is 0 Å². The number of phenols is 1. The van der Waals surface area contributed by atoms with Gasteiger partial charge in [-0.15, -0.1) is 0 Å². The minimum absolute atomic E-state index is 0.0579. The summed E-state index contributed by atoms with van der Waals surface area (Å²) in [5.74, 6) is 1.65. The van der Waals surface area contributed by atoms with Gasteiger partial charge in [-0.05, 0) is 23.8 Å². The number of anilines is 1. The van der Waals surface area contributed by atoms with Crippen LogP contribution in [0.4, 0.5) is 5.69 Å². The maximum absolute atomic E-state index is 9.38. The van der Waals surface area contributed by atoms with Gasteiger partial charge in [-0.1, -0.05) is 18.7 Å². The number of hydrogen-bond donors (Lipinski definition) is 2. The number of fused-ring (bicyclic) bond motifs is 2. The molecule has 0 saturated heterocycles. The molecule has 0 spiro atoms. The Morgan fingerprint density at radius 2 is 2.25 bits per heavy atom. The van der Waals surface area contributed by atoms with Crippen molar-refractivity contribution in [2.45, 2.75) is 6.04 Å². The number of nitrogens with one attached hydrogen (secondary N) is 1. The fourth-order valence-electron chi connectivity index (χ4n) is 1.86. The van der Waals surface area contributed by atoms with E-state index in [1.807, 2.05) is 18.2 Å². The third-order valence-electron chi connectivity index (χ3n) is 2.64. The molecule has 16 heavy (non-hydrogen) atoms. The van der Waals surface area contributed by atoms with Gasteiger partial charge in [-0.3, -0.25) is 0 Å². The molecule has 1 aromatic rings. The summed E-state index contributed by atoms with van der Waals surface area (Å²) in [6.45, 7) is 3.86. The van der Waals surface area contributed by atoms with Crippen molar-refractivity contribution in [1.29, 1.82) is 0 Å². The third-order valence-corrected chi connectivity index (χ3v) is 2.64. The highest BCUT2D eigenvalue weighted by Gasteiger charge is 2.24. The van der Waals surface area contributed by atoms with E-state index in [0.29, 0.717) is 5.75 Å². The SMILES string of the molecule is C=C1C=CC2Nc3ccc(O)cc3OC2=C1. The van der Waals surface area contributed by atoms with Crippen molar-refractivity contribution in [3.63, 3.8) is 0 Å². The molecular weight excluding hydrogens is 202 g/mol. The Bertz CT molecular complexity index is 529. The van der Waals surface area contributed by atoms with E-state index in [4.69, 9.17) is 4.74 Å². The summed E-state index contributed by atoms with van der Waals surface area (Å²) in [6, 6.07) is 5.09. The second-order valence-electron chi connectivity index (χ2n) is 3.89. The number of phenolic OH excluding ortho intramolecular Hbond substituents is 1. The number of ether oxygens (including phenoxy) is 1. The molecule has 0 radical (unpaired) electrons. The van der Waals surface area contributed by atoms with Gasteiger partial charge in [0.15, 0.2) is 5.75 Å². The lowest BCUT2D eigenvalue weighted by Gasteiger charge is -2.29. The maximum Gasteiger partial charge on any atom is 0.153 e. The molecule has 80 valence electrons. The largest absolute Gasteiger partial charge is 0.508 e. The molecule has 1 aromatic carbocycles. The molecule has 1 heterocycles. The van der Waals surface area contributed by atoms with Crippen LogP contribution in [0, 0.1) is 0 Å². The van der Waals surface area contributed by atoms with Gasteiger partial charge in [0.05, 0.1) is 5.69 Å².